The van der Waals surface area contributed by atoms with Gasteiger partial charge in [-0.15, -0.1) is 0 Å². The van der Waals surface area contributed by atoms with E-state index in [1.54, 1.807) is 7.11 Å². The molecule has 2 aliphatic heterocycles. The summed E-state index contributed by atoms with van der Waals surface area (Å²) in [5.74, 6) is 0.966. The van der Waals surface area contributed by atoms with Crippen LogP contribution >= 0.6 is 0 Å². The van der Waals surface area contributed by atoms with Crippen LogP contribution in [0.4, 0.5) is 5.69 Å². The van der Waals surface area contributed by atoms with E-state index >= 15 is 0 Å². The highest BCUT2D eigenvalue weighted by molar-refractivity contribution is 5.66. The number of rotatable bonds is 1. The highest BCUT2D eigenvalue weighted by atomic mass is 16.5. The van der Waals surface area contributed by atoms with Crippen LogP contribution in [0, 0.1) is 0 Å². The molecule has 3 heteroatoms. The Kier molecular flexibility index (Phi) is 2.17. The number of hydrogen-bond donors (Lipinski definition) is 0. The highest BCUT2D eigenvalue weighted by Crippen LogP contribution is 2.51. The average Bonchev–Trinajstić information content (AvgIpc) is 2.75. The van der Waals surface area contributed by atoms with E-state index in [-0.39, 0.29) is 5.41 Å². The van der Waals surface area contributed by atoms with Crippen LogP contribution in [0.15, 0.2) is 18.2 Å². The number of benzene rings is 1. The molecule has 0 aromatic heterocycles. The minimum Gasteiger partial charge on any atom is -0.497 e. The topological polar surface area (TPSA) is 15.7 Å². The molecule has 92 valence electrons. The molecule has 3 rings (SSSR count). The predicted molar refractivity (Wildman–Crippen MR) is 69.8 cm³/mol. The van der Waals surface area contributed by atoms with E-state index in [1.807, 2.05) is 0 Å². The second kappa shape index (κ2) is 3.39. The third-order valence-corrected chi connectivity index (χ3v) is 4.54. The molecule has 1 saturated heterocycles. The summed E-state index contributed by atoms with van der Waals surface area (Å²) in [6, 6.07) is 6.45. The smallest absolute Gasteiger partial charge is 0.119 e. The Labute approximate surface area is 103 Å². The second-order valence-electron chi connectivity index (χ2n) is 5.52. The van der Waals surface area contributed by atoms with Crippen molar-refractivity contribution in [2.24, 2.45) is 0 Å². The van der Waals surface area contributed by atoms with E-state index in [2.05, 4.69) is 49.0 Å². The van der Waals surface area contributed by atoms with Gasteiger partial charge in [0.1, 0.15) is 5.75 Å². The molecule has 0 saturated carbocycles. The lowest BCUT2D eigenvalue weighted by Crippen LogP contribution is -2.45. The molecule has 1 fully saturated rings. The summed E-state index contributed by atoms with van der Waals surface area (Å²) in [6.45, 7) is 3.55. The van der Waals surface area contributed by atoms with Gasteiger partial charge in [-0.2, -0.15) is 0 Å². The molecule has 1 aromatic carbocycles. The maximum atomic E-state index is 5.36. The Morgan fingerprint density at radius 1 is 1.35 bits per heavy atom. The van der Waals surface area contributed by atoms with Crippen molar-refractivity contribution in [3.8, 4) is 5.75 Å². The summed E-state index contributed by atoms with van der Waals surface area (Å²) in [6.07, 6.45) is 1.71. The van der Waals surface area contributed by atoms with Crippen molar-refractivity contribution >= 4 is 5.69 Å². The SMILES string of the molecule is COc1ccc2c(c1)C1([13CH3])CCN(C)C1N2C. The zero-order chi connectivity index (χ0) is 12.2. The maximum Gasteiger partial charge on any atom is 0.119 e. The lowest BCUT2D eigenvalue weighted by atomic mass is 9.87. The minimum absolute atomic E-state index is 0.243. The van der Waals surface area contributed by atoms with Crippen LogP contribution in [-0.4, -0.2) is 38.8 Å². The first-order valence-electron chi connectivity index (χ1n) is 6.19. The predicted octanol–water partition coefficient (Wildman–Crippen LogP) is 2.06. The van der Waals surface area contributed by atoms with Crippen LogP contribution in [-0.2, 0) is 5.41 Å². The van der Waals surface area contributed by atoms with Crippen molar-refractivity contribution < 1.29 is 4.74 Å². The Morgan fingerprint density at radius 2 is 2.12 bits per heavy atom. The molecule has 17 heavy (non-hydrogen) atoms. The van der Waals surface area contributed by atoms with Crippen LogP contribution < -0.4 is 9.64 Å². The van der Waals surface area contributed by atoms with E-state index in [9.17, 15) is 0 Å². The van der Waals surface area contributed by atoms with Gasteiger partial charge in [-0.3, -0.25) is 4.90 Å². The van der Waals surface area contributed by atoms with Crippen molar-refractivity contribution in [1.82, 2.24) is 4.90 Å². The molecular weight excluding hydrogens is 213 g/mol. The van der Waals surface area contributed by atoms with Gasteiger partial charge in [0, 0.05) is 24.7 Å². The number of hydrogen-bond acceptors (Lipinski definition) is 3. The van der Waals surface area contributed by atoms with Crippen molar-refractivity contribution in [2.75, 3.05) is 32.6 Å². The van der Waals surface area contributed by atoms with Gasteiger partial charge in [0.05, 0.1) is 13.3 Å². The number of anilines is 1. The zero-order valence-electron chi connectivity index (χ0n) is 11.0. The van der Waals surface area contributed by atoms with Crippen molar-refractivity contribution in [3.63, 3.8) is 0 Å². The summed E-state index contributed by atoms with van der Waals surface area (Å²) in [5, 5.41) is 0. The molecule has 0 bridgehead atoms. The highest BCUT2D eigenvalue weighted by Gasteiger charge is 2.52. The van der Waals surface area contributed by atoms with Crippen molar-refractivity contribution in [1.29, 1.82) is 0 Å². The van der Waals surface area contributed by atoms with Crippen LogP contribution in [0.1, 0.15) is 18.9 Å². The Hall–Kier alpha value is -1.22. The van der Waals surface area contributed by atoms with Crippen LogP contribution in [0.3, 0.4) is 0 Å². The summed E-state index contributed by atoms with van der Waals surface area (Å²) < 4.78 is 5.36. The molecule has 2 aliphatic rings. The van der Waals surface area contributed by atoms with E-state index in [1.165, 1.54) is 24.2 Å². The molecule has 0 spiro atoms. The molecule has 0 amide bonds. The van der Waals surface area contributed by atoms with E-state index in [0.717, 1.165) is 5.75 Å². The lowest BCUT2D eigenvalue weighted by molar-refractivity contribution is 0.268. The molecule has 1 aromatic rings. The van der Waals surface area contributed by atoms with E-state index < -0.39 is 0 Å². The fourth-order valence-electron chi connectivity index (χ4n) is 3.68. The minimum atomic E-state index is 0.243. The first-order chi connectivity index (χ1) is 8.08. The van der Waals surface area contributed by atoms with Gasteiger partial charge >= 0.3 is 0 Å². The average molecular weight is 233 g/mol. The number of nitrogens with zero attached hydrogens (tertiary/aromatic N) is 2. The van der Waals surface area contributed by atoms with Crippen molar-refractivity contribution in [2.45, 2.75) is 24.9 Å². The van der Waals surface area contributed by atoms with Crippen LogP contribution in [0.25, 0.3) is 0 Å². The third kappa shape index (κ3) is 1.26. The monoisotopic (exact) mass is 233 g/mol. The van der Waals surface area contributed by atoms with Crippen LogP contribution in [0.5, 0.6) is 5.75 Å². The first-order valence-corrected chi connectivity index (χ1v) is 6.19. The third-order valence-electron chi connectivity index (χ3n) is 4.54. The van der Waals surface area contributed by atoms with Gasteiger partial charge in [0.15, 0.2) is 0 Å². The Morgan fingerprint density at radius 3 is 2.82 bits per heavy atom. The molecule has 0 radical (unpaired) electrons. The van der Waals surface area contributed by atoms with Gasteiger partial charge in [-0.25, -0.2) is 0 Å². The van der Waals surface area contributed by atoms with Crippen molar-refractivity contribution in [3.05, 3.63) is 23.8 Å². The second-order valence-corrected chi connectivity index (χ2v) is 5.52. The molecule has 0 N–H and O–H groups in total. The number of ether oxygens (including phenoxy) is 1. The van der Waals surface area contributed by atoms with Gasteiger partial charge in [-0.05, 0) is 37.2 Å². The molecule has 2 unspecified atom stereocenters. The molecular formula is C14H20N2O. The summed E-state index contributed by atoms with van der Waals surface area (Å²) in [4.78, 5) is 4.86. The number of likely N-dealkylation sites (N-methyl/N-ethyl adjacent to an activating group) is 2. The standard InChI is InChI=1S/C14H20N2O/c1-14-7-8-15(2)13(14)16(3)12-6-5-10(17-4)9-11(12)14/h5-6,9,13H,7-8H2,1-4H3/i1+1. The van der Waals surface area contributed by atoms with Crippen LogP contribution in [0.2, 0.25) is 0 Å². The van der Waals surface area contributed by atoms with E-state index in [4.69, 9.17) is 4.74 Å². The van der Waals surface area contributed by atoms with Gasteiger partial charge in [-0.1, -0.05) is 6.92 Å². The molecule has 2 heterocycles. The Bertz CT molecular complexity index is 460. The fraction of sp³-hybridized carbons (Fsp3) is 0.571. The van der Waals surface area contributed by atoms with Gasteiger partial charge in [0.25, 0.3) is 0 Å². The first kappa shape index (κ1) is 10.9. The molecule has 3 nitrogen and oxygen atoms in total. The summed E-state index contributed by atoms with van der Waals surface area (Å²) in [7, 11) is 6.15. The number of likely N-dealkylation sites (tertiary alicyclic amines) is 1. The molecule has 2 atom stereocenters. The quantitative estimate of drug-likeness (QED) is 0.691. The number of methoxy groups -OCH3 is 1. The lowest BCUT2D eigenvalue weighted by Gasteiger charge is -2.32. The molecule has 0 aliphatic carbocycles. The fourth-order valence-corrected chi connectivity index (χ4v) is 3.68. The summed E-state index contributed by atoms with van der Waals surface area (Å²) in [5.41, 5.74) is 3.03. The zero-order valence-corrected chi connectivity index (χ0v) is 11.0. The summed E-state index contributed by atoms with van der Waals surface area (Å²) >= 11 is 0. The largest absolute Gasteiger partial charge is 0.497 e. The van der Waals surface area contributed by atoms with E-state index in [0.29, 0.717) is 6.17 Å². The Balaban J connectivity index is 2.15. The normalized spacial score (nSPS) is 31.5. The number of fused-ring (bicyclic) bond motifs is 3. The van der Waals surface area contributed by atoms with Gasteiger partial charge in [0.2, 0.25) is 0 Å². The van der Waals surface area contributed by atoms with Gasteiger partial charge < -0.3 is 9.64 Å². The maximum absolute atomic E-state index is 5.36.